The van der Waals surface area contributed by atoms with Crippen LogP contribution in [0.25, 0.3) is 11.5 Å². The first kappa shape index (κ1) is 18.5. The Morgan fingerprint density at radius 2 is 2.04 bits per heavy atom. The molecule has 0 aliphatic heterocycles. The van der Waals surface area contributed by atoms with Crippen LogP contribution in [0.15, 0.2) is 38.2 Å². The van der Waals surface area contributed by atoms with E-state index in [0.717, 1.165) is 6.07 Å². The Labute approximate surface area is 153 Å². The highest BCUT2D eigenvalue weighted by molar-refractivity contribution is 7.89. The minimum absolute atomic E-state index is 0.0258. The van der Waals surface area contributed by atoms with E-state index in [2.05, 4.69) is 20.0 Å². The van der Waals surface area contributed by atoms with Crippen LogP contribution in [0, 0.1) is 6.92 Å². The van der Waals surface area contributed by atoms with E-state index >= 15 is 0 Å². The molecule has 12 heteroatoms. The molecular formula is C15H15N5O6S. The summed E-state index contributed by atoms with van der Waals surface area (Å²) in [5, 5.41) is 7.46. The van der Waals surface area contributed by atoms with E-state index < -0.39 is 15.9 Å². The summed E-state index contributed by atoms with van der Waals surface area (Å²) >= 11 is 0. The van der Waals surface area contributed by atoms with Crippen molar-refractivity contribution in [1.29, 1.82) is 0 Å². The summed E-state index contributed by atoms with van der Waals surface area (Å²) in [4.78, 5) is 15.3. The lowest BCUT2D eigenvalue weighted by Crippen LogP contribution is -2.24. The molecule has 3 aromatic rings. The smallest absolute Gasteiger partial charge is 0.252 e. The van der Waals surface area contributed by atoms with E-state index in [9.17, 15) is 13.2 Å². The Kier molecular flexibility index (Phi) is 4.92. The molecule has 11 nitrogen and oxygen atoms in total. The summed E-state index contributed by atoms with van der Waals surface area (Å²) in [6.07, 6.45) is 0. The summed E-state index contributed by atoms with van der Waals surface area (Å²) in [5.74, 6) is 0.125. The van der Waals surface area contributed by atoms with Crippen molar-refractivity contribution in [2.24, 2.45) is 5.73 Å². The number of sulfonamides is 1. The quantitative estimate of drug-likeness (QED) is 0.585. The second-order valence-corrected chi connectivity index (χ2v) is 7.15. The molecule has 0 saturated heterocycles. The number of nitrogens with one attached hydrogen (secondary N) is 1. The number of aromatic nitrogens is 3. The fourth-order valence-electron chi connectivity index (χ4n) is 2.19. The molecule has 0 spiro atoms. The summed E-state index contributed by atoms with van der Waals surface area (Å²) in [6, 6.07) is 5.36. The van der Waals surface area contributed by atoms with Crippen LogP contribution >= 0.6 is 0 Å². The van der Waals surface area contributed by atoms with E-state index in [1.165, 1.54) is 19.2 Å². The predicted molar refractivity (Wildman–Crippen MR) is 90.1 cm³/mol. The molecule has 0 radical (unpaired) electrons. The van der Waals surface area contributed by atoms with Crippen LogP contribution in [0.2, 0.25) is 0 Å². The van der Waals surface area contributed by atoms with Crippen molar-refractivity contribution in [1.82, 2.24) is 20.0 Å². The third-order valence-corrected chi connectivity index (χ3v) is 4.88. The molecule has 2 aromatic heterocycles. The van der Waals surface area contributed by atoms with Gasteiger partial charge in [-0.1, -0.05) is 10.3 Å². The highest BCUT2D eigenvalue weighted by atomic mass is 32.2. The van der Waals surface area contributed by atoms with Gasteiger partial charge in [-0.25, -0.2) is 13.1 Å². The number of methoxy groups -OCH3 is 1. The highest BCUT2D eigenvalue weighted by Crippen LogP contribution is 2.22. The topological polar surface area (TPSA) is 163 Å². The molecule has 0 aliphatic carbocycles. The molecule has 2 heterocycles. The number of amides is 1. The van der Waals surface area contributed by atoms with Gasteiger partial charge >= 0.3 is 0 Å². The SMILES string of the molecule is COc1ccc(S(=O)(=O)NCc2nc(-c3cc(C)on3)no2)cc1C(N)=O. The number of primary amides is 1. The molecule has 3 rings (SSSR count). The number of carbonyl (C=O) groups is 1. The molecule has 0 fully saturated rings. The van der Waals surface area contributed by atoms with Gasteiger partial charge in [-0.2, -0.15) is 4.98 Å². The second-order valence-electron chi connectivity index (χ2n) is 5.39. The van der Waals surface area contributed by atoms with Crippen LogP contribution in [-0.2, 0) is 16.6 Å². The molecule has 0 atom stereocenters. The van der Waals surface area contributed by atoms with Crippen molar-refractivity contribution in [3.8, 4) is 17.3 Å². The third-order valence-electron chi connectivity index (χ3n) is 3.49. The van der Waals surface area contributed by atoms with E-state index in [0.29, 0.717) is 11.5 Å². The van der Waals surface area contributed by atoms with Crippen molar-refractivity contribution in [2.45, 2.75) is 18.4 Å². The Balaban J connectivity index is 1.77. The average Bonchev–Trinajstić information content (AvgIpc) is 3.28. The number of aryl methyl sites for hydroxylation is 1. The van der Waals surface area contributed by atoms with Gasteiger partial charge in [0.05, 0.1) is 24.1 Å². The maximum Gasteiger partial charge on any atom is 0.252 e. The highest BCUT2D eigenvalue weighted by Gasteiger charge is 2.20. The minimum Gasteiger partial charge on any atom is -0.496 e. The molecule has 0 bridgehead atoms. The third kappa shape index (κ3) is 3.96. The number of nitrogens with two attached hydrogens (primary N) is 1. The Hall–Kier alpha value is -3.25. The molecule has 3 N–H and O–H groups in total. The standard InChI is InChI=1S/C15H15N5O6S/c1-8-5-11(19-25-8)15-18-13(26-20-15)7-17-27(22,23)9-3-4-12(24-2)10(6-9)14(16)21/h3-6,17H,7H2,1-2H3,(H2,16,21). The summed E-state index contributed by atoms with van der Waals surface area (Å²) in [6.45, 7) is 1.45. The normalized spacial score (nSPS) is 11.5. The fraction of sp³-hybridized carbons (Fsp3) is 0.200. The van der Waals surface area contributed by atoms with Crippen LogP contribution in [0.5, 0.6) is 5.75 Å². The zero-order valence-electron chi connectivity index (χ0n) is 14.3. The molecule has 1 amide bonds. The monoisotopic (exact) mass is 393 g/mol. The van der Waals surface area contributed by atoms with Crippen LogP contribution < -0.4 is 15.2 Å². The summed E-state index contributed by atoms with van der Waals surface area (Å²) < 4.78 is 42.1. The number of nitrogens with zero attached hydrogens (tertiary/aromatic N) is 3. The zero-order valence-corrected chi connectivity index (χ0v) is 15.1. The number of hydrogen-bond acceptors (Lipinski definition) is 9. The lowest BCUT2D eigenvalue weighted by atomic mass is 10.2. The molecular weight excluding hydrogens is 378 g/mol. The van der Waals surface area contributed by atoms with Crippen LogP contribution in [0.1, 0.15) is 22.0 Å². The number of carbonyl (C=O) groups excluding carboxylic acids is 1. The minimum atomic E-state index is -3.97. The lowest BCUT2D eigenvalue weighted by Gasteiger charge is -2.09. The van der Waals surface area contributed by atoms with Gasteiger partial charge in [0.2, 0.25) is 21.7 Å². The van der Waals surface area contributed by atoms with Crippen LogP contribution in [-0.4, -0.2) is 36.7 Å². The lowest BCUT2D eigenvalue weighted by molar-refractivity contribution is 0.0997. The summed E-state index contributed by atoms with van der Waals surface area (Å²) in [7, 11) is -2.62. The number of hydrogen-bond donors (Lipinski definition) is 2. The molecule has 0 saturated carbocycles. The van der Waals surface area contributed by atoms with Gasteiger partial charge in [0.25, 0.3) is 5.91 Å². The second kappa shape index (κ2) is 7.17. The first-order valence-corrected chi connectivity index (χ1v) is 9.02. The molecule has 1 aromatic carbocycles. The Morgan fingerprint density at radius 3 is 2.67 bits per heavy atom. The Bertz CT molecular complexity index is 1090. The number of ether oxygens (including phenoxy) is 1. The Morgan fingerprint density at radius 1 is 1.26 bits per heavy atom. The molecule has 0 unspecified atom stereocenters. The molecule has 27 heavy (non-hydrogen) atoms. The predicted octanol–water partition coefficient (Wildman–Crippen LogP) is 0.619. The van der Waals surface area contributed by atoms with Crippen LogP contribution in [0.4, 0.5) is 0 Å². The van der Waals surface area contributed by atoms with Gasteiger partial charge in [-0.15, -0.1) is 0 Å². The van der Waals surface area contributed by atoms with Gasteiger partial charge in [-0.05, 0) is 25.1 Å². The average molecular weight is 393 g/mol. The van der Waals surface area contributed by atoms with Crippen molar-refractivity contribution in [3.05, 3.63) is 41.5 Å². The van der Waals surface area contributed by atoms with Crippen molar-refractivity contribution >= 4 is 15.9 Å². The zero-order chi connectivity index (χ0) is 19.6. The largest absolute Gasteiger partial charge is 0.496 e. The van der Waals surface area contributed by atoms with Gasteiger partial charge < -0.3 is 19.5 Å². The van der Waals surface area contributed by atoms with E-state index in [-0.39, 0.29) is 34.5 Å². The van der Waals surface area contributed by atoms with Crippen molar-refractivity contribution < 1.29 is 27.0 Å². The van der Waals surface area contributed by atoms with Gasteiger partial charge in [-0.3, -0.25) is 4.79 Å². The van der Waals surface area contributed by atoms with E-state index in [1.54, 1.807) is 13.0 Å². The maximum atomic E-state index is 12.4. The van der Waals surface area contributed by atoms with Crippen LogP contribution in [0.3, 0.4) is 0 Å². The van der Waals surface area contributed by atoms with Gasteiger partial charge in [0.1, 0.15) is 11.5 Å². The first-order chi connectivity index (χ1) is 12.8. The summed E-state index contributed by atoms with van der Waals surface area (Å²) in [5.41, 5.74) is 5.56. The molecule has 0 aliphatic rings. The van der Waals surface area contributed by atoms with Gasteiger partial charge in [0.15, 0.2) is 5.69 Å². The van der Waals surface area contributed by atoms with E-state index in [4.69, 9.17) is 19.5 Å². The number of benzene rings is 1. The molecule has 142 valence electrons. The van der Waals surface area contributed by atoms with Gasteiger partial charge in [0, 0.05) is 6.07 Å². The van der Waals surface area contributed by atoms with E-state index in [1.807, 2.05) is 0 Å². The van der Waals surface area contributed by atoms with Crippen molar-refractivity contribution in [2.75, 3.05) is 7.11 Å². The fourth-order valence-corrected chi connectivity index (χ4v) is 3.19. The maximum absolute atomic E-state index is 12.4. The number of rotatable bonds is 7. The van der Waals surface area contributed by atoms with Crippen molar-refractivity contribution in [3.63, 3.8) is 0 Å². The first-order valence-electron chi connectivity index (χ1n) is 7.54.